The number of likely N-dealkylation sites (tertiary alicyclic amines) is 1. The van der Waals surface area contributed by atoms with Gasteiger partial charge in [-0.2, -0.15) is 0 Å². The van der Waals surface area contributed by atoms with Crippen molar-refractivity contribution in [3.63, 3.8) is 0 Å². The molecule has 3 atom stereocenters. The lowest BCUT2D eigenvalue weighted by Crippen LogP contribution is -2.41. The highest BCUT2D eigenvalue weighted by molar-refractivity contribution is 4.81. The number of rotatable bonds is 8. The quantitative estimate of drug-likeness (QED) is 0.618. The lowest BCUT2D eigenvalue weighted by atomic mass is 10.1. The summed E-state index contributed by atoms with van der Waals surface area (Å²) in [5, 5.41) is 10.7. The third-order valence-electron chi connectivity index (χ3n) is 4.63. The Hall–Kier alpha value is -0.160. The maximum Gasteiger partial charge on any atom is 0.0166 e. The van der Waals surface area contributed by atoms with Crippen molar-refractivity contribution in [1.29, 1.82) is 0 Å². The predicted octanol–water partition coefficient (Wildman–Crippen LogP) is 0.894. The average Bonchev–Trinajstić information content (AvgIpc) is 3.05. The SMILES string of the molecule is CC(C)NCC1CCN(CC(C)NC[C@H]2CCNC2)C1. The van der Waals surface area contributed by atoms with E-state index in [1.807, 2.05) is 0 Å². The first-order valence-corrected chi connectivity index (χ1v) is 8.53. The molecule has 0 aromatic heterocycles. The Morgan fingerprint density at radius 2 is 1.90 bits per heavy atom. The van der Waals surface area contributed by atoms with E-state index in [0.29, 0.717) is 12.1 Å². The molecule has 4 heteroatoms. The first-order chi connectivity index (χ1) is 9.63. The van der Waals surface area contributed by atoms with Crippen LogP contribution in [0.5, 0.6) is 0 Å². The van der Waals surface area contributed by atoms with Crippen molar-refractivity contribution in [2.45, 2.75) is 45.7 Å². The molecule has 2 fully saturated rings. The molecular formula is C16H34N4. The fraction of sp³-hybridized carbons (Fsp3) is 1.00. The monoisotopic (exact) mass is 282 g/mol. The van der Waals surface area contributed by atoms with Crippen molar-refractivity contribution in [1.82, 2.24) is 20.9 Å². The summed E-state index contributed by atoms with van der Waals surface area (Å²) in [7, 11) is 0. The Morgan fingerprint density at radius 1 is 1.10 bits per heavy atom. The Kier molecular flexibility index (Phi) is 6.75. The third-order valence-corrected chi connectivity index (χ3v) is 4.63. The molecule has 118 valence electrons. The molecule has 3 N–H and O–H groups in total. The van der Waals surface area contributed by atoms with Gasteiger partial charge in [-0.25, -0.2) is 0 Å². The maximum atomic E-state index is 3.72. The van der Waals surface area contributed by atoms with Crippen LogP contribution in [-0.4, -0.2) is 62.8 Å². The molecule has 0 saturated carbocycles. The van der Waals surface area contributed by atoms with Crippen LogP contribution in [-0.2, 0) is 0 Å². The van der Waals surface area contributed by atoms with E-state index < -0.39 is 0 Å². The number of nitrogens with one attached hydrogen (secondary N) is 3. The van der Waals surface area contributed by atoms with Crippen molar-refractivity contribution in [2.24, 2.45) is 11.8 Å². The molecule has 0 aromatic carbocycles. The van der Waals surface area contributed by atoms with Crippen LogP contribution in [0.1, 0.15) is 33.6 Å². The second kappa shape index (κ2) is 8.32. The van der Waals surface area contributed by atoms with Gasteiger partial charge < -0.3 is 20.9 Å². The van der Waals surface area contributed by atoms with Crippen molar-refractivity contribution >= 4 is 0 Å². The molecule has 2 aliphatic heterocycles. The zero-order valence-corrected chi connectivity index (χ0v) is 13.6. The van der Waals surface area contributed by atoms with E-state index in [1.165, 1.54) is 58.7 Å². The molecule has 2 rings (SSSR count). The van der Waals surface area contributed by atoms with Crippen LogP contribution in [0.4, 0.5) is 0 Å². The number of hydrogen-bond donors (Lipinski definition) is 3. The molecule has 2 aliphatic rings. The molecular weight excluding hydrogens is 248 g/mol. The largest absolute Gasteiger partial charge is 0.316 e. The van der Waals surface area contributed by atoms with E-state index in [4.69, 9.17) is 0 Å². The van der Waals surface area contributed by atoms with Crippen molar-refractivity contribution in [2.75, 3.05) is 45.8 Å². The molecule has 0 aromatic rings. The van der Waals surface area contributed by atoms with Gasteiger partial charge in [0.2, 0.25) is 0 Å². The summed E-state index contributed by atoms with van der Waals surface area (Å²) in [4.78, 5) is 2.64. The van der Waals surface area contributed by atoms with E-state index in [1.54, 1.807) is 0 Å². The Morgan fingerprint density at radius 3 is 2.60 bits per heavy atom. The lowest BCUT2D eigenvalue weighted by molar-refractivity contribution is 0.281. The van der Waals surface area contributed by atoms with Crippen LogP contribution in [0, 0.1) is 11.8 Å². The standard InChI is InChI=1S/C16H34N4/c1-13(2)18-10-16-5-7-20(12-16)11-14(3)19-9-15-4-6-17-8-15/h13-19H,4-12H2,1-3H3/t14?,15-,16?/m0/s1. The number of hydrogen-bond acceptors (Lipinski definition) is 4. The molecule has 2 unspecified atom stereocenters. The molecule has 0 spiro atoms. The van der Waals surface area contributed by atoms with Crippen LogP contribution in [0.25, 0.3) is 0 Å². The third kappa shape index (κ3) is 5.68. The molecule has 0 aliphatic carbocycles. The fourth-order valence-corrected chi connectivity index (χ4v) is 3.36. The minimum absolute atomic E-state index is 0.615. The zero-order valence-electron chi connectivity index (χ0n) is 13.6. The van der Waals surface area contributed by atoms with Gasteiger partial charge >= 0.3 is 0 Å². The van der Waals surface area contributed by atoms with Gasteiger partial charge in [0.1, 0.15) is 0 Å². The van der Waals surface area contributed by atoms with Gasteiger partial charge in [0.25, 0.3) is 0 Å². The molecule has 4 nitrogen and oxygen atoms in total. The Bertz CT molecular complexity index is 263. The molecule has 20 heavy (non-hydrogen) atoms. The second-order valence-corrected chi connectivity index (χ2v) is 7.15. The van der Waals surface area contributed by atoms with Crippen LogP contribution in [0.2, 0.25) is 0 Å². The van der Waals surface area contributed by atoms with E-state index >= 15 is 0 Å². The number of nitrogens with zero attached hydrogens (tertiary/aromatic N) is 1. The van der Waals surface area contributed by atoms with Gasteiger partial charge in [-0.3, -0.25) is 0 Å². The Balaban J connectivity index is 1.56. The summed E-state index contributed by atoms with van der Waals surface area (Å²) in [6.07, 6.45) is 2.70. The molecule has 2 saturated heterocycles. The van der Waals surface area contributed by atoms with E-state index in [-0.39, 0.29) is 0 Å². The van der Waals surface area contributed by atoms with Gasteiger partial charge in [0, 0.05) is 25.2 Å². The van der Waals surface area contributed by atoms with Gasteiger partial charge in [0.15, 0.2) is 0 Å². The smallest absolute Gasteiger partial charge is 0.0166 e. The predicted molar refractivity (Wildman–Crippen MR) is 86.1 cm³/mol. The van der Waals surface area contributed by atoms with E-state index in [0.717, 1.165) is 11.8 Å². The van der Waals surface area contributed by atoms with E-state index in [9.17, 15) is 0 Å². The van der Waals surface area contributed by atoms with Crippen LogP contribution >= 0.6 is 0 Å². The summed E-state index contributed by atoms with van der Waals surface area (Å²) in [6, 6.07) is 1.23. The molecule has 0 radical (unpaired) electrons. The Labute approximate surface area is 125 Å². The first kappa shape index (κ1) is 16.2. The van der Waals surface area contributed by atoms with Gasteiger partial charge in [-0.05, 0) is 64.3 Å². The summed E-state index contributed by atoms with van der Waals surface area (Å²) < 4.78 is 0. The molecule has 2 heterocycles. The van der Waals surface area contributed by atoms with Gasteiger partial charge in [0.05, 0.1) is 0 Å². The summed E-state index contributed by atoms with van der Waals surface area (Å²) >= 11 is 0. The first-order valence-electron chi connectivity index (χ1n) is 8.53. The van der Waals surface area contributed by atoms with Gasteiger partial charge in [-0.15, -0.1) is 0 Å². The van der Waals surface area contributed by atoms with Crippen molar-refractivity contribution < 1.29 is 0 Å². The second-order valence-electron chi connectivity index (χ2n) is 7.15. The van der Waals surface area contributed by atoms with Crippen LogP contribution in [0.3, 0.4) is 0 Å². The summed E-state index contributed by atoms with van der Waals surface area (Å²) in [5.41, 5.74) is 0. The maximum absolute atomic E-state index is 3.72. The lowest BCUT2D eigenvalue weighted by Gasteiger charge is -2.23. The van der Waals surface area contributed by atoms with Crippen molar-refractivity contribution in [3.8, 4) is 0 Å². The zero-order chi connectivity index (χ0) is 14.4. The summed E-state index contributed by atoms with van der Waals surface area (Å²) in [5.74, 6) is 1.70. The average molecular weight is 282 g/mol. The van der Waals surface area contributed by atoms with E-state index in [2.05, 4.69) is 41.6 Å². The highest BCUT2D eigenvalue weighted by Crippen LogP contribution is 2.16. The topological polar surface area (TPSA) is 39.3 Å². The normalized spacial score (nSPS) is 29.4. The minimum Gasteiger partial charge on any atom is -0.316 e. The minimum atomic E-state index is 0.615. The fourth-order valence-electron chi connectivity index (χ4n) is 3.36. The van der Waals surface area contributed by atoms with Gasteiger partial charge in [-0.1, -0.05) is 13.8 Å². The summed E-state index contributed by atoms with van der Waals surface area (Å²) in [6.45, 7) is 15.3. The van der Waals surface area contributed by atoms with Crippen LogP contribution < -0.4 is 16.0 Å². The molecule has 0 amide bonds. The molecule has 0 bridgehead atoms. The highest BCUT2D eigenvalue weighted by atomic mass is 15.2. The highest BCUT2D eigenvalue weighted by Gasteiger charge is 2.23. The van der Waals surface area contributed by atoms with Crippen molar-refractivity contribution in [3.05, 3.63) is 0 Å². The van der Waals surface area contributed by atoms with Crippen LogP contribution in [0.15, 0.2) is 0 Å².